The summed E-state index contributed by atoms with van der Waals surface area (Å²) >= 11 is 0. The Bertz CT molecular complexity index is 1020. The maximum atomic E-state index is 12.9. The fraction of sp³-hybridized carbons (Fsp3) is 0.381. The van der Waals surface area contributed by atoms with Crippen LogP contribution in [0.2, 0.25) is 0 Å². The predicted molar refractivity (Wildman–Crippen MR) is 119 cm³/mol. The van der Waals surface area contributed by atoms with Crippen molar-refractivity contribution < 1.29 is 22.9 Å². The second kappa shape index (κ2) is 10.3. The van der Waals surface area contributed by atoms with E-state index in [-0.39, 0.29) is 29.1 Å². The number of amides is 1. The molecule has 1 N–H and O–H groups in total. The Morgan fingerprint density at radius 2 is 1.84 bits per heavy atom. The van der Waals surface area contributed by atoms with E-state index in [0.29, 0.717) is 6.42 Å². The van der Waals surface area contributed by atoms with Crippen molar-refractivity contribution in [1.82, 2.24) is 5.32 Å². The van der Waals surface area contributed by atoms with Gasteiger partial charge in [-0.25, -0.2) is 8.42 Å². The van der Waals surface area contributed by atoms with Crippen molar-refractivity contribution in [1.29, 1.82) is 0 Å². The Labute approximate surface area is 182 Å². The van der Waals surface area contributed by atoms with E-state index >= 15 is 0 Å². The highest BCUT2D eigenvalue weighted by atomic mass is 32.2. The number of nitro benzene ring substituents is 1. The summed E-state index contributed by atoms with van der Waals surface area (Å²) in [5.74, 6) is -0.146. The van der Waals surface area contributed by atoms with Crippen molar-refractivity contribution >= 4 is 27.3 Å². The molecule has 0 saturated heterocycles. The number of ether oxygens (including phenoxy) is 1. The van der Waals surface area contributed by atoms with E-state index in [1.165, 1.54) is 19.2 Å². The highest BCUT2D eigenvalue weighted by Gasteiger charge is 2.27. The van der Waals surface area contributed by atoms with Gasteiger partial charge in [-0.1, -0.05) is 44.2 Å². The van der Waals surface area contributed by atoms with Gasteiger partial charge in [-0.05, 0) is 24.0 Å². The van der Waals surface area contributed by atoms with E-state index in [1.54, 1.807) is 0 Å². The summed E-state index contributed by atoms with van der Waals surface area (Å²) in [6.45, 7) is 3.51. The second-order valence-corrected chi connectivity index (χ2v) is 9.45. The van der Waals surface area contributed by atoms with Gasteiger partial charge in [-0.3, -0.25) is 19.2 Å². The van der Waals surface area contributed by atoms with Gasteiger partial charge in [-0.15, -0.1) is 0 Å². The van der Waals surface area contributed by atoms with E-state index in [4.69, 9.17) is 4.74 Å². The van der Waals surface area contributed by atoms with Gasteiger partial charge >= 0.3 is 0 Å². The molecule has 2 rings (SSSR count). The quantitative estimate of drug-likeness (QED) is 0.439. The summed E-state index contributed by atoms with van der Waals surface area (Å²) in [5, 5.41) is 14.1. The average molecular weight is 450 g/mol. The van der Waals surface area contributed by atoms with Gasteiger partial charge in [-0.2, -0.15) is 0 Å². The van der Waals surface area contributed by atoms with Crippen molar-refractivity contribution in [3.8, 4) is 5.75 Å². The third-order valence-electron chi connectivity index (χ3n) is 4.57. The number of nitro groups is 1. The van der Waals surface area contributed by atoms with Gasteiger partial charge in [0.1, 0.15) is 18.0 Å². The lowest BCUT2D eigenvalue weighted by Gasteiger charge is -2.26. The molecule has 31 heavy (non-hydrogen) atoms. The molecule has 1 amide bonds. The molecule has 0 aliphatic carbocycles. The standard InChI is InChI=1S/C21H27N3O6S/c1-15(2)12-18(16-8-6-5-7-9-16)22-21(25)14-23(31(4,28)29)19-13-17(24(26)27)10-11-20(19)30-3/h5-11,13,15,18H,12,14H2,1-4H3,(H,22,25)/t18-/m0/s1. The maximum absolute atomic E-state index is 12.9. The van der Waals surface area contributed by atoms with Crippen LogP contribution in [0.15, 0.2) is 48.5 Å². The Morgan fingerprint density at radius 3 is 2.35 bits per heavy atom. The molecule has 0 aromatic heterocycles. The van der Waals surface area contributed by atoms with E-state index in [2.05, 4.69) is 5.32 Å². The molecule has 168 valence electrons. The molecule has 0 saturated carbocycles. The van der Waals surface area contributed by atoms with Crippen LogP contribution in [0.4, 0.5) is 11.4 Å². The topological polar surface area (TPSA) is 119 Å². The number of hydrogen-bond acceptors (Lipinski definition) is 6. The third-order valence-corrected chi connectivity index (χ3v) is 5.70. The molecule has 0 spiro atoms. The van der Waals surface area contributed by atoms with Crippen molar-refractivity contribution in [3.05, 3.63) is 64.2 Å². The lowest BCUT2D eigenvalue weighted by molar-refractivity contribution is -0.384. The van der Waals surface area contributed by atoms with Crippen molar-refractivity contribution in [2.45, 2.75) is 26.3 Å². The number of non-ortho nitro benzene ring substituents is 1. The summed E-state index contributed by atoms with van der Waals surface area (Å²) in [4.78, 5) is 23.4. The number of nitrogens with one attached hydrogen (secondary N) is 1. The molecule has 2 aromatic carbocycles. The number of anilines is 1. The highest BCUT2D eigenvalue weighted by Crippen LogP contribution is 2.33. The SMILES string of the molecule is COc1ccc([N+](=O)[O-])cc1N(CC(=O)N[C@@H](CC(C)C)c1ccccc1)S(C)(=O)=O. The van der Waals surface area contributed by atoms with Crippen LogP contribution in [0.25, 0.3) is 0 Å². The summed E-state index contributed by atoms with van der Waals surface area (Å²) in [6, 6.07) is 12.7. The molecule has 0 aliphatic rings. The first kappa shape index (κ1) is 24.1. The van der Waals surface area contributed by atoms with E-state index in [1.807, 2.05) is 44.2 Å². The molecule has 0 unspecified atom stereocenters. The second-order valence-electron chi connectivity index (χ2n) is 7.54. The Morgan fingerprint density at radius 1 is 1.19 bits per heavy atom. The van der Waals surface area contributed by atoms with Crippen LogP contribution in [0.5, 0.6) is 5.75 Å². The van der Waals surface area contributed by atoms with Crippen LogP contribution in [-0.4, -0.2) is 39.2 Å². The van der Waals surface area contributed by atoms with Crippen LogP contribution < -0.4 is 14.4 Å². The van der Waals surface area contributed by atoms with Gasteiger partial charge in [0, 0.05) is 12.1 Å². The molecule has 9 nitrogen and oxygen atoms in total. The van der Waals surface area contributed by atoms with Gasteiger partial charge in [0.15, 0.2) is 0 Å². The zero-order chi connectivity index (χ0) is 23.2. The third kappa shape index (κ3) is 6.68. The van der Waals surface area contributed by atoms with Crippen LogP contribution >= 0.6 is 0 Å². The molecule has 0 aliphatic heterocycles. The molecule has 0 bridgehead atoms. The van der Waals surface area contributed by atoms with E-state index in [9.17, 15) is 23.3 Å². The number of rotatable bonds is 10. The minimum Gasteiger partial charge on any atom is -0.495 e. The molecular formula is C21H27N3O6S. The zero-order valence-electron chi connectivity index (χ0n) is 17.9. The van der Waals surface area contributed by atoms with Crippen molar-refractivity contribution in [3.63, 3.8) is 0 Å². The van der Waals surface area contributed by atoms with E-state index < -0.39 is 27.4 Å². The molecule has 0 fully saturated rings. The number of carbonyl (C=O) groups excluding carboxylic acids is 1. The zero-order valence-corrected chi connectivity index (χ0v) is 18.8. The van der Waals surface area contributed by atoms with Gasteiger partial charge in [0.25, 0.3) is 5.69 Å². The summed E-state index contributed by atoms with van der Waals surface area (Å²) in [5.41, 5.74) is 0.518. The monoisotopic (exact) mass is 449 g/mol. The highest BCUT2D eigenvalue weighted by molar-refractivity contribution is 7.92. The molecule has 10 heteroatoms. The van der Waals surface area contributed by atoms with Gasteiger partial charge in [0.05, 0.1) is 24.3 Å². The average Bonchev–Trinajstić information content (AvgIpc) is 2.70. The van der Waals surface area contributed by atoms with Gasteiger partial charge in [0.2, 0.25) is 15.9 Å². The Hall–Kier alpha value is -3.14. The van der Waals surface area contributed by atoms with Crippen molar-refractivity contribution in [2.75, 3.05) is 24.2 Å². The molecule has 0 heterocycles. The number of benzene rings is 2. The number of carbonyl (C=O) groups is 1. The van der Waals surface area contributed by atoms with Crippen molar-refractivity contribution in [2.24, 2.45) is 5.92 Å². The fourth-order valence-electron chi connectivity index (χ4n) is 3.17. The molecule has 2 aromatic rings. The first-order valence-corrected chi connectivity index (χ1v) is 11.5. The first-order valence-electron chi connectivity index (χ1n) is 9.67. The summed E-state index contributed by atoms with van der Waals surface area (Å²) < 4.78 is 30.9. The Kier molecular flexibility index (Phi) is 7.98. The minimum absolute atomic E-state index is 0.0746. The number of sulfonamides is 1. The lowest BCUT2D eigenvalue weighted by atomic mass is 9.97. The number of hydrogen-bond donors (Lipinski definition) is 1. The van der Waals surface area contributed by atoms with Crippen LogP contribution in [0.1, 0.15) is 31.9 Å². The Balaban J connectivity index is 2.36. The molecule has 1 atom stereocenters. The maximum Gasteiger partial charge on any atom is 0.271 e. The lowest BCUT2D eigenvalue weighted by Crippen LogP contribution is -2.42. The fourth-order valence-corrected chi connectivity index (χ4v) is 4.03. The van der Waals surface area contributed by atoms with Crippen LogP contribution in [0, 0.1) is 16.0 Å². The van der Waals surface area contributed by atoms with Crippen LogP contribution in [0.3, 0.4) is 0 Å². The van der Waals surface area contributed by atoms with Gasteiger partial charge < -0.3 is 10.1 Å². The van der Waals surface area contributed by atoms with Crippen LogP contribution in [-0.2, 0) is 14.8 Å². The number of methoxy groups -OCH3 is 1. The summed E-state index contributed by atoms with van der Waals surface area (Å²) in [6.07, 6.45) is 1.59. The first-order chi connectivity index (χ1) is 14.5. The summed E-state index contributed by atoms with van der Waals surface area (Å²) in [7, 11) is -2.62. The molecular weight excluding hydrogens is 422 g/mol. The number of nitrogens with zero attached hydrogens (tertiary/aromatic N) is 2. The minimum atomic E-state index is -3.94. The predicted octanol–water partition coefficient (Wildman–Crippen LogP) is 3.27. The largest absolute Gasteiger partial charge is 0.495 e. The smallest absolute Gasteiger partial charge is 0.271 e. The van der Waals surface area contributed by atoms with E-state index in [0.717, 1.165) is 22.2 Å². The normalized spacial score (nSPS) is 12.3. The molecule has 0 radical (unpaired) electrons.